The van der Waals surface area contributed by atoms with Gasteiger partial charge >= 0.3 is 0 Å². The molecule has 2 aromatic heterocycles. The molecule has 0 amide bonds. The Morgan fingerprint density at radius 3 is 2.86 bits per heavy atom. The highest BCUT2D eigenvalue weighted by molar-refractivity contribution is 7.89. The van der Waals surface area contributed by atoms with Crippen LogP contribution in [0.4, 0.5) is 5.82 Å². The van der Waals surface area contributed by atoms with E-state index in [9.17, 15) is 8.42 Å². The molecule has 2 N–H and O–H groups in total. The van der Waals surface area contributed by atoms with Crippen molar-refractivity contribution in [2.75, 3.05) is 18.4 Å². The topological polar surface area (TPSA) is 75.5 Å². The summed E-state index contributed by atoms with van der Waals surface area (Å²) in [5.74, 6) is 1.48. The molecule has 3 rings (SSSR count). The molecule has 2 aromatic rings. The largest absolute Gasteiger partial charge is 0.368 e. The fourth-order valence-corrected chi connectivity index (χ4v) is 3.84. The van der Waals surface area contributed by atoms with E-state index in [0.29, 0.717) is 36.4 Å². The van der Waals surface area contributed by atoms with Gasteiger partial charge in [0.25, 0.3) is 10.0 Å². The number of pyridine rings is 1. The molecule has 1 saturated carbocycles. The number of sulfonamides is 1. The first kappa shape index (κ1) is 14.3. The molecule has 21 heavy (non-hydrogen) atoms. The van der Waals surface area contributed by atoms with Gasteiger partial charge in [0.1, 0.15) is 5.65 Å². The van der Waals surface area contributed by atoms with Crippen molar-refractivity contribution in [3.05, 3.63) is 24.4 Å². The van der Waals surface area contributed by atoms with E-state index in [-0.39, 0.29) is 5.03 Å². The average Bonchev–Trinajstić information content (AvgIpc) is 3.02. The molecular formula is C14H20N4O2S. The highest BCUT2D eigenvalue weighted by atomic mass is 32.2. The summed E-state index contributed by atoms with van der Waals surface area (Å²) in [5, 5.41) is 3.22. The first-order valence-corrected chi connectivity index (χ1v) is 8.72. The second-order valence-corrected chi connectivity index (χ2v) is 7.23. The van der Waals surface area contributed by atoms with Crippen molar-refractivity contribution >= 4 is 21.5 Å². The predicted octanol–water partition coefficient (Wildman–Crippen LogP) is 1.70. The van der Waals surface area contributed by atoms with E-state index in [2.05, 4.69) is 21.9 Å². The molecule has 2 atom stereocenters. The molecule has 0 saturated heterocycles. The molecule has 2 unspecified atom stereocenters. The summed E-state index contributed by atoms with van der Waals surface area (Å²) in [5.41, 5.74) is 0.619. The van der Waals surface area contributed by atoms with Crippen LogP contribution in [0.25, 0.3) is 5.65 Å². The number of nitrogens with one attached hydrogen (secondary N) is 2. The highest BCUT2D eigenvalue weighted by Crippen LogP contribution is 2.37. The summed E-state index contributed by atoms with van der Waals surface area (Å²) in [6.07, 6.45) is 2.81. The predicted molar refractivity (Wildman–Crippen MR) is 81.8 cm³/mol. The first-order valence-electron chi connectivity index (χ1n) is 7.23. The van der Waals surface area contributed by atoms with E-state index in [1.54, 1.807) is 22.7 Å². The molecule has 0 radical (unpaired) electrons. The Labute approximate surface area is 124 Å². The lowest BCUT2D eigenvalue weighted by atomic mass is 10.3. The zero-order chi connectivity index (χ0) is 15.0. The van der Waals surface area contributed by atoms with E-state index in [0.717, 1.165) is 6.42 Å². The number of hydrogen-bond acceptors (Lipinski definition) is 4. The van der Waals surface area contributed by atoms with Crippen molar-refractivity contribution in [3.8, 4) is 0 Å². The van der Waals surface area contributed by atoms with Crippen molar-refractivity contribution in [2.45, 2.75) is 25.3 Å². The first-order chi connectivity index (χ1) is 10.0. The van der Waals surface area contributed by atoms with E-state index < -0.39 is 10.0 Å². The lowest BCUT2D eigenvalue weighted by Crippen LogP contribution is -2.28. The minimum absolute atomic E-state index is 0.188. The Balaban J connectivity index is 1.98. The number of fused-ring (bicyclic) bond motifs is 1. The van der Waals surface area contributed by atoms with E-state index >= 15 is 0 Å². The number of rotatable bonds is 6. The Kier molecular flexibility index (Phi) is 3.62. The molecule has 6 nitrogen and oxygen atoms in total. The third-order valence-electron chi connectivity index (χ3n) is 3.90. The zero-order valence-corrected chi connectivity index (χ0v) is 13.0. The second kappa shape index (κ2) is 5.31. The number of nitrogens with zero attached hydrogens (tertiary/aromatic N) is 2. The van der Waals surface area contributed by atoms with Crippen molar-refractivity contribution in [1.29, 1.82) is 0 Å². The van der Waals surface area contributed by atoms with Gasteiger partial charge in [-0.25, -0.2) is 18.1 Å². The van der Waals surface area contributed by atoms with Crippen LogP contribution in [0.3, 0.4) is 0 Å². The van der Waals surface area contributed by atoms with E-state index in [4.69, 9.17) is 0 Å². The Morgan fingerprint density at radius 2 is 2.19 bits per heavy atom. The molecule has 0 spiro atoms. The average molecular weight is 308 g/mol. The van der Waals surface area contributed by atoms with Crippen LogP contribution in [0, 0.1) is 11.8 Å². The smallest absolute Gasteiger partial charge is 0.260 e. The van der Waals surface area contributed by atoms with Gasteiger partial charge in [0.2, 0.25) is 0 Å². The van der Waals surface area contributed by atoms with Crippen LogP contribution in [0.2, 0.25) is 0 Å². The van der Waals surface area contributed by atoms with Gasteiger partial charge < -0.3 is 5.32 Å². The molecule has 0 aromatic carbocycles. The number of imidazole rings is 1. The van der Waals surface area contributed by atoms with Crippen LogP contribution in [-0.4, -0.2) is 30.9 Å². The monoisotopic (exact) mass is 308 g/mol. The van der Waals surface area contributed by atoms with Gasteiger partial charge in [-0.2, -0.15) is 0 Å². The molecule has 1 fully saturated rings. The maximum atomic E-state index is 12.6. The van der Waals surface area contributed by atoms with Crippen molar-refractivity contribution < 1.29 is 8.42 Å². The molecule has 2 heterocycles. The number of aromatic nitrogens is 2. The Morgan fingerprint density at radius 1 is 1.43 bits per heavy atom. The Hall–Kier alpha value is -1.60. The van der Waals surface area contributed by atoms with Gasteiger partial charge in [-0.15, -0.1) is 0 Å². The summed E-state index contributed by atoms with van der Waals surface area (Å²) in [6.45, 7) is 5.16. The van der Waals surface area contributed by atoms with Gasteiger partial charge in [0.05, 0.1) is 0 Å². The SMILES string of the molecule is CCNc1nc2ccccn2c1S(=O)(=O)NCC1CC1C. The van der Waals surface area contributed by atoms with E-state index in [1.165, 1.54) is 0 Å². The van der Waals surface area contributed by atoms with Crippen LogP contribution in [0.15, 0.2) is 29.4 Å². The van der Waals surface area contributed by atoms with Crippen LogP contribution in [0.5, 0.6) is 0 Å². The second-order valence-electron chi connectivity index (χ2n) is 5.55. The summed E-state index contributed by atoms with van der Waals surface area (Å²) in [7, 11) is -3.59. The fraction of sp³-hybridized carbons (Fsp3) is 0.500. The fourth-order valence-electron chi connectivity index (χ4n) is 2.48. The molecule has 0 aliphatic heterocycles. The minimum Gasteiger partial charge on any atom is -0.368 e. The van der Waals surface area contributed by atoms with Crippen molar-refractivity contribution in [1.82, 2.24) is 14.1 Å². The molecule has 1 aliphatic rings. The normalized spacial score (nSPS) is 21.6. The zero-order valence-electron chi connectivity index (χ0n) is 12.2. The Bertz CT molecular complexity index is 753. The van der Waals surface area contributed by atoms with Gasteiger partial charge in [0.15, 0.2) is 10.8 Å². The summed E-state index contributed by atoms with van der Waals surface area (Å²) in [4.78, 5) is 4.36. The van der Waals surface area contributed by atoms with Gasteiger partial charge in [0, 0.05) is 19.3 Å². The highest BCUT2D eigenvalue weighted by Gasteiger charge is 2.34. The van der Waals surface area contributed by atoms with Gasteiger partial charge in [-0.3, -0.25) is 4.40 Å². The summed E-state index contributed by atoms with van der Waals surface area (Å²) >= 11 is 0. The van der Waals surface area contributed by atoms with Crippen molar-refractivity contribution in [3.63, 3.8) is 0 Å². The lowest BCUT2D eigenvalue weighted by molar-refractivity contribution is 0.570. The van der Waals surface area contributed by atoms with Crippen molar-refractivity contribution in [2.24, 2.45) is 11.8 Å². The molecule has 114 valence electrons. The summed E-state index contributed by atoms with van der Waals surface area (Å²) < 4.78 is 29.6. The third-order valence-corrected chi connectivity index (χ3v) is 5.34. The van der Waals surface area contributed by atoms with Crippen LogP contribution in [-0.2, 0) is 10.0 Å². The quantitative estimate of drug-likeness (QED) is 0.851. The minimum atomic E-state index is -3.59. The maximum absolute atomic E-state index is 12.6. The van der Waals surface area contributed by atoms with Gasteiger partial charge in [-0.05, 0) is 37.3 Å². The lowest BCUT2D eigenvalue weighted by Gasteiger charge is -2.08. The maximum Gasteiger partial charge on any atom is 0.260 e. The van der Waals surface area contributed by atoms with Crippen LogP contribution < -0.4 is 10.0 Å². The van der Waals surface area contributed by atoms with E-state index in [1.807, 2.05) is 13.0 Å². The molecule has 7 heteroatoms. The molecule has 0 bridgehead atoms. The standard InChI is InChI=1S/C14H20N4O2S/c1-3-15-13-14(18-7-5-4-6-12(18)17-13)21(19,20)16-9-11-8-10(11)2/h4-7,10-11,15-16H,3,8-9H2,1-2H3. The molecule has 1 aliphatic carbocycles. The van der Waals surface area contributed by atoms with Crippen LogP contribution >= 0.6 is 0 Å². The summed E-state index contributed by atoms with van der Waals surface area (Å²) in [6, 6.07) is 5.43. The van der Waals surface area contributed by atoms with Crippen LogP contribution in [0.1, 0.15) is 20.3 Å². The van der Waals surface area contributed by atoms with Gasteiger partial charge in [-0.1, -0.05) is 13.0 Å². The number of anilines is 1. The number of hydrogen-bond donors (Lipinski definition) is 2. The molecular weight excluding hydrogens is 288 g/mol. The third kappa shape index (κ3) is 2.75.